The van der Waals surface area contributed by atoms with Crippen molar-refractivity contribution >= 4 is 28.4 Å². The summed E-state index contributed by atoms with van der Waals surface area (Å²) >= 11 is 1.42. The van der Waals surface area contributed by atoms with E-state index in [0.717, 1.165) is 21.8 Å². The lowest BCUT2D eigenvalue weighted by molar-refractivity contribution is 0.101. The van der Waals surface area contributed by atoms with Crippen LogP contribution in [0.25, 0.3) is 10.9 Å². The molecule has 0 aliphatic carbocycles. The number of ether oxygens (including phenoxy) is 2. The third-order valence-electron chi connectivity index (χ3n) is 4.29. The van der Waals surface area contributed by atoms with Crippen molar-refractivity contribution in [2.24, 2.45) is 0 Å². The van der Waals surface area contributed by atoms with Gasteiger partial charge in [0, 0.05) is 10.8 Å². The number of carbonyl (C=O) groups is 1. The van der Waals surface area contributed by atoms with E-state index in [9.17, 15) is 4.79 Å². The number of hydrogen-bond donors (Lipinski definition) is 0. The highest BCUT2D eigenvalue weighted by Gasteiger charge is 2.21. The Labute approximate surface area is 169 Å². The zero-order valence-corrected chi connectivity index (χ0v) is 17.6. The molecule has 0 aliphatic heterocycles. The van der Waals surface area contributed by atoms with Crippen LogP contribution in [0.5, 0.6) is 11.5 Å². The zero-order chi connectivity index (χ0) is 20.3. The predicted molar refractivity (Wildman–Crippen MR) is 113 cm³/mol. The maximum atomic E-state index is 12.9. The highest BCUT2D eigenvalue weighted by atomic mass is 32.2. The van der Waals surface area contributed by atoms with Gasteiger partial charge in [-0.05, 0) is 24.3 Å². The predicted octanol–water partition coefficient (Wildman–Crippen LogP) is 4.92. The molecule has 0 aliphatic rings. The smallest absolute Gasteiger partial charge is 0.176 e. The van der Waals surface area contributed by atoms with Gasteiger partial charge in [0.2, 0.25) is 0 Å². The molecule has 0 bridgehead atoms. The lowest BCUT2D eigenvalue weighted by atomic mass is 9.95. The van der Waals surface area contributed by atoms with E-state index < -0.39 is 0 Å². The van der Waals surface area contributed by atoms with Crippen LogP contribution in [0.2, 0.25) is 0 Å². The van der Waals surface area contributed by atoms with Crippen LogP contribution in [0, 0.1) is 0 Å². The number of hydrogen-bond acceptors (Lipinski definition) is 6. The molecule has 0 fully saturated rings. The van der Waals surface area contributed by atoms with Crippen LogP contribution in [-0.4, -0.2) is 35.7 Å². The summed E-state index contributed by atoms with van der Waals surface area (Å²) in [7, 11) is 3.13. The van der Waals surface area contributed by atoms with Crippen molar-refractivity contribution in [3.63, 3.8) is 0 Å². The molecule has 3 aromatic rings. The summed E-state index contributed by atoms with van der Waals surface area (Å²) in [6.45, 7) is 6.24. The van der Waals surface area contributed by atoms with Gasteiger partial charge in [-0.25, -0.2) is 9.97 Å². The summed E-state index contributed by atoms with van der Waals surface area (Å²) < 4.78 is 10.6. The van der Waals surface area contributed by atoms with Crippen molar-refractivity contribution in [2.75, 3.05) is 20.0 Å². The summed E-state index contributed by atoms with van der Waals surface area (Å²) in [6, 6.07) is 13.1. The molecular weight excluding hydrogens is 372 g/mol. The van der Waals surface area contributed by atoms with Gasteiger partial charge < -0.3 is 9.47 Å². The van der Waals surface area contributed by atoms with Crippen LogP contribution in [-0.2, 0) is 5.41 Å². The first kappa shape index (κ1) is 20.1. The molecule has 0 saturated carbocycles. The summed E-state index contributed by atoms with van der Waals surface area (Å²) in [5.74, 6) is 2.13. The number of rotatable bonds is 6. The minimum Gasteiger partial charge on any atom is -0.497 e. The SMILES string of the molecule is COc1ccc(OC)c(C(=O)CSc2nc(C(C)(C)C)nc3ccccc23)c1. The molecule has 0 radical (unpaired) electrons. The summed E-state index contributed by atoms with van der Waals surface area (Å²) in [6.07, 6.45) is 0. The van der Waals surface area contributed by atoms with E-state index in [1.807, 2.05) is 24.3 Å². The minimum atomic E-state index is -0.181. The van der Waals surface area contributed by atoms with Gasteiger partial charge in [-0.3, -0.25) is 4.79 Å². The third kappa shape index (κ3) is 4.28. The summed E-state index contributed by atoms with van der Waals surface area (Å²) in [5, 5.41) is 1.76. The first-order valence-electron chi connectivity index (χ1n) is 8.99. The fourth-order valence-electron chi connectivity index (χ4n) is 2.74. The molecule has 0 spiro atoms. The van der Waals surface area contributed by atoms with Crippen LogP contribution in [0.1, 0.15) is 37.0 Å². The molecule has 5 nitrogen and oxygen atoms in total. The van der Waals surface area contributed by atoms with Gasteiger partial charge in [-0.15, -0.1) is 0 Å². The molecular formula is C22H24N2O3S. The Kier molecular flexibility index (Phi) is 5.89. The molecule has 6 heteroatoms. The number of carbonyl (C=O) groups excluding carboxylic acids is 1. The molecule has 0 saturated heterocycles. The third-order valence-corrected chi connectivity index (χ3v) is 5.28. The number of nitrogens with zero attached hydrogens (tertiary/aromatic N) is 2. The average molecular weight is 397 g/mol. The molecule has 1 aromatic heterocycles. The number of ketones is 1. The normalized spacial score (nSPS) is 11.5. The number of thioether (sulfide) groups is 1. The van der Waals surface area contributed by atoms with Crippen molar-refractivity contribution in [1.82, 2.24) is 9.97 Å². The lowest BCUT2D eigenvalue weighted by Crippen LogP contribution is -2.16. The number of aromatic nitrogens is 2. The molecule has 0 atom stereocenters. The standard InChI is InChI=1S/C22H24N2O3S/c1-22(2,3)21-23-17-9-7-6-8-15(17)20(24-21)28-13-18(25)16-12-14(26-4)10-11-19(16)27-5/h6-12H,13H2,1-5H3. The van der Waals surface area contributed by atoms with Crippen molar-refractivity contribution in [3.8, 4) is 11.5 Å². The van der Waals surface area contributed by atoms with E-state index in [4.69, 9.17) is 19.4 Å². The maximum Gasteiger partial charge on any atom is 0.176 e. The van der Waals surface area contributed by atoms with Crippen molar-refractivity contribution in [3.05, 3.63) is 53.9 Å². The zero-order valence-electron chi connectivity index (χ0n) is 16.8. The largest absolute Gasteiger partial charge is 0.497 e. The Hall–Kier alpha value is -2.60. The average Bonchev–Trinajstić information content (AvgIpc) is 2.70. The first-order chi connectivity index (χ1) is 13.3. The van der Waals surface area contributed by atoms with Crippen LogP contribution in [0.4, 0.5) is 0 Å². The molecule has 3 rings (SSSR count). The van der Waals surface area contributed by atoms with Gasteiger partial charge in [0.25, 0.3) is 0 Å². The molecule has 28 heavy (non-hydrogen) atoms. The van der Waals surface area contributed by atoms with Crippen molar-refractivity contribution in [1.29, 1.82) is 0 Å². The van der Waals surface area contributed by atoms with Crippen LogP contribution in [0.3, 0.4) is 0 Å². The Bertz CT molecular complexity index is 1010. The summed E-state index contributed by atoms with van der Waals surface area (Å²) in [5.41, 5.74) is 1.21. The number of methoxy groups -OCH3 is 2. The van der Waals surface area contributed by atoms with Gasteiger partial charge >= 0.3 is 0 Å². The number of fused-ring (bicyclic) bond motifs is 1. The fraction of sp³-hybridized carbons (Fsp3) is 0.318. The number of Topliss-reactive ketones (excluding diaryl/α,β-unsaturated/α-hetero) is 1. The van der Waals surface area contributed by atoms with Gasteiger partial charge in [0.15, 0.2) is 5.78 Å². The van der Waals surface area contributed by atoms with Gasteiger partial charge in [0.05, 0.1) is 31.1 Å². The van der Waals surface area contributed by atoms with E-state index in [2.05, 4.69) is 20.8 Å². The van der Waals surface area contributed by atoms with Gasteiger partial charge in [0.1, 0.15) is 22.3 Å². The van der Waals surface area contributed by atoms with E-state index in [0.29, 0.717) is 17.1 Å². The van der Waals surface area contributed by atoms with Crippen LogP contribution < -0.4 is 9.47 Å². The Morgan fingerprint density at radius 3 is 2.46 bits per heavy atom. The van der Waals surface area contributed by atoms with E-state index in [-0.39, 0.29) is 17.0 Å². The highest BCUT2D eigenvalue weighted by Crippen LogP contribution is 2.31. The second-order valence-electron chi connectivity index (χ2n) is 7.40. The van der Waals surface area contributed by atoms with Gasteiger partial charge in [-0.2, -0.15) is 0 Å². The fourth-order valence-corrected chi connectivity index (χ4v) is 3.64. The highest BCUT2D eigenvalue weighted by molar-refractivity contribution is 8.00. The van der Waals surface area contributed by atoms with Crippen molar-refractivity contribution in [2.45, 2.75) is 31.2 Å². The van der Waals surface area contributed by atoms with Crippen LogP contribution >= 0.6 is 11.8 Å². The van der Waals surface area contributed by atoms with Gasteiger partial charge in [-0.1, -0.05) is 50.7 Å². The second-order valence-corrected chi connectivity index (χ2v) is 8.36. The molecule has 0 unspecified atom stereocenters. The monoisotopic (exact) mass is 396 g/mol. The Balaban J connectivity index is 1.92. The van der Waals surface area contributed by atoms with E-state index >= 15 is 0 Å². The molecule has 1 heterocycles. The Morgan fingerprint density at radius 2 is 1.79 bits per heavy atom. The molecule has 146 valence electrons. The maximum absolute atomic E-state index is 12.9. The topological polar surface area (TPSA) is 61.3 Å². The number of para-hydroxylation sites is 1. The van der Waals surface area contributed by atoms with E-state index in [1.165, 1.54) is 11.8 Å². The number of benzene rings is 2. The molecule has 0 N–H and O–H groups in total. The van der Waals surface area contributed by atoms with E-state index in [1.54, 1.807) is 32.4 Å². The lowest BCUT2D eigenvalue weighted by Gasteiger charge is -2.18. The molecule has 2 aromatic carbocycles. The first-order valence-corrected chi connectivity index (χ1v) is 9.97. The van der Waals surface area contributed by atoms with Crippen molar-refractivity contribution < 1.29 is 14.3 Å². The minimum absolute atomic E-state index is 0.0410. The van der Waals surface area contributed by atoms with Crippen LogP contribution in [0.15, 0.2) is 47.5 Å². The quantitative estimate of drug-likeness (QED) is 0.335. The second kappa shape index (κ2) is 8.19. The molecule has 0 amide bonds. The summed E-state index contributed by atoms with van der Waals surface area (Å²) in [4.78, 5) is 22.3. The Morgan fingerprint density at radius 1 is 1.04 bits per heavy atom.